The molecule has 0 saturated carbocycles. The molecule has 2 aromatic heterocycles. The molecule has 6 nitrogen and oxygen atoms in total. The summed E-state index contributed by atoms with van der Waals surface area (Å²) < 4.78 is 1.17. The van der Waals surface area contributed by atoms with Gasteiger partial charge >= 0.3 is 0 Å². The highest BCUT2D eigenvalue weighted by Gasteiger charge is 2.14. The Bertz CT molecular complexity index is 934. The van der Waals surface area contributed by atoms with Crippen molar-refractivity contribution in [3.05, 3.63) is 36.5 Å². The van der Waals surface area contributed by atoms with Gasteiger partial charge in [0.05, 0.1) is 16.8 Å². The summed E-state index contributed by atoms with van der Waals surface area (Å²) in [5.41, 5.74) is 3.23. The van der Waals surface area contributed by atoms with Gasteiger partial charge < -0.3 is 19.9 Å². The van der Waals surface area contributed by atoms with Crippen LogP contribution in [0, 0.1) is 0 Å². The second kappa shape index (κ2) is 8.67. The van der Waals surface area contributed by atoms with Crippen molar-refractivity contribution < 1.29 is 4.79 Å². The van der Waals surface area contributed by atoms with E-state index in [9.17, 15) is 4.79 Å². The molecule has 0 spiro atoms. The average molecular weight is 396 g/mol. The van der Waals surface area contributed by atoms with Crippen molar-refractivity contribution in [2.45, 2.75) is 12.8 Å². The van der Waals surface area contributed by atoms with Gasteiger partial charge in [-0.3, -0.25) is 0 Å². The molecule has 1 aliphatic heterocycles. The van der Waals surface area contributed by atoms with Crippen LogP contribution in [0.5, 0.6) is 0 Å². The van der Waals surface area contributed by atoms with Gasteiger partial charge in [0.25, 0.3) is 0 Å². The largest absolute Gasteiger partial charge is 0.373 e. The minimum Gasteiger partial charge on any atom is -0.373 e. The van der Waals surface area contributed by atoms with Gasteiger partial charge in [0.15, 0.2) is 0 Å². The van der Waals surface area contributed by atoms with Gasteiger partial charge in [-0.1, -0.05) is 0 Å². The zero-order valence-electron chi connectivity index (χ0n) is 16.1. The van der Waals surface area contributed by atoms with Gasteiger partial charge in [-0.25, -0.2) is 9.97 Å². The molecule has 0 radical (unpaired) electrons. The van der Waals surface area contributed by atoms with Crippen molar-refractivity contribution in [2.24, 2.45) is 0 Å². The number of hydrogen-bond acceptors (Lipinski definition) is 7. The lowest BCUT2D eigenvalue weighted by molar-refractivity contribution is -0.107. The highest BCUT2D eigenvalue weighted by molar-refractivity contribution is 7.21. The van der Waals surface area contributed by atoms with Gasteiger partial charge in [0, 0.05) is 50.7 Å². The van der Waals surface area contributed by atoms with Crippen LogP contribution in [0.2, 0.25) is 0 Å². The highest BCUT2D eigenvalue weighted by Crippen LogP contribution is 2.32. The van der Waals surface area contributed by atoms with Crippen LogP contribution in [-0.2, 0) is 4.79 Å². The second-order valence-electron chi connectivity index (χ2n) is 7.06. The number of anilines is 2. The van der Waals surface area contributed by atoms with Crippen LogP contribution in [0.3, 0.4) is 0 Å². The number of aromatic nitrogens is 2. The molecular weight excluding hydrogens is 370 g/mol. The fraction of sp³-hybridized carbons (Fsp3) is 0.381. The Morgan fingerprint density at radius 3 is 2.86 bits per heavy atom. The molecular formula is C21H25N5OS. The van der Waals surface area contributed by atoms with E-state index in [-0.39, 0.29) is 0 Å². The summed E-state index contributed by atoms with van der Waals surface area (Å²) >= 11 is 1.70. The second-order valence-corrected chi connectivity index (χ2v) is 8.09. The summed E-state index contributed by atoms with van der Waals surface area (Å²) in [5.74, 6) is 1.06. The molecule has 1 fully saturated rings. The van der Waals surface area contributed by atoms with Crippen molar-refractivity contribution in [3.63, 3.8) is 0 Å². The Kier molecular flexibility index (Phi) is 5.83. The summed E-state index contributed by atoms with van der Waals surface area (Å²) in [7, 11) is 2.06. The van der Waals surface area contributed by atoms with Gasteiger partial charge in [0.2, 0.25) is 0 Å². The summed E-state index contributed by atoms with van der Waals surface area (Å²) in [6.45, 7) is 4.22. The minimum atomic E-state index is 0.398. The van der Waals surface area contributed by atoms with Crippen molar-refractivity contribution in [1.29, 1.82) is 0 Å². The van der Waals surface area contributed by atoms with Crippen molar-refractivity contribution >= 4 is 39.3 Å². The first kappa shape index (κ1) is 18.8. The number of nitrogens with zero attached hydrogens (tertiary/aromatic N) is 4. The fourth-order valence-corrected chi connectivity index (χ4v) is 4.45. The van der Waals surface area contributed by atoms with Gasteiger partial charge in [-0.15, -0.1) is 11.3 Å². The lowest BCUT2D eigenvalue weighted by Gasteiger charge is -2.19. The van der Waals surface area contributed by atoms with E-state index in [1.807, 2.05) is 6.20 Å². The third kappa shape index (κ3) is 4.15. The number of benzene rings is 1. The molecule has 3 heterocycles. The van der Waals surface area contributed by atoms with Gasteiger partial charge in [0.1, 0.15) is 17.1 Å². The lowest BCUT2D eigenvalue weighted by atomic mass is 10.2. The molecule has 1 aliphatic rings. The molecule has 3 aromatic rings. The van der Waals surface area contributed by atoms with Gasteiger partial charge in [-0.05, 0) is 43.2 Å². The number of fused-ring (bicyclic) bond motifs is 1. The maximum atomic E-state index is 10.4. The topological polar surface area (TPSA) is 61.4 Å². The van der Waals surface area contributed by atoms with Crippen LogP contribution in [-0.4, -0.2) is 56.0 Å². The molecule has 146 valence electrons. The summed E-state index contributed by atoms with van der Waals surface area (Å²) in [4.78, 5) is 24.4. The van der Waals surface area contributed by atoms with E-state index >= 15 is 0 Å². The van der Waals surface area contributed by atoms with E-state index in [4.69, 9.17) is 4.98 Å². The molecule has 1 saturated heterocycles. The quantitative estimate of drug-likeness (QED) is 0.467. The van der Waals surface area contributed by atoms with E-state index in [1.165, 1.54) is 17.5 Å². The number of likely N-dealkylation sites (N-methyl/N-ethyl adjacent to an activating group) is 1. The predicted octanol–water partition coefficient (Wildman–Crippen LogP) is 3.18. The number of rotatable bonds is 8. The van der Waals surface area contributed by atoms with Crippen LogP contribution >= 0.6 is 11.3 Å². The molecule has 0 aliphatic carbocycles. The van der Waals surface area contributed by atoms with E-state index < -0.39 is 0 Å². The first-order valence-electron chi connectivity index (χ1n) is 9.72. The van der Waals surface area contributed by atoms with Crippen molar-refractivity contribution in [2.75, 3.05) is 49.6 Å². The normalized spacial score (nSPS) is 14.0. The summed E-state index contributed by atoms with van der Waals surface area (Å²) in [6.07, 6.45) is 5.34. The summed E-state index contributed by atoms with van der Waals surface area (Å²) in [6, 6.07) is 10.6. The smallest absolute Gasteiger partial charge is 0.133 e. The Balaban J connectivity index is 1.49. The highest BCUT2D eigenvalue weighted by atomic mass is 32.1. The Labute approximate surface area is 169 Å². The third-order valence-corrected chi connectivity index (χ3v) is 6.16. The van der Waals surface area contributed by atoms with Crippen LogP contribution in [0.4, 0.5) is 11.5 Å². The van der Waals surface area contributed by atoms with E-state index in [0.717, 1.165) is 60.1 Å². The molecule has 0 atom stereocenters. The van der Waals surface area contributed by atoms with E-state index in [0.29, 0.717) is 6.54 Å². The zero-order valence-corrected chi connectivity index (χ0v) is 16.9. The molecule has 1 aromatic carbocycles. The first-order chi connectivity index (χ1) is 13.7. The van der Waals surface area contributed by atoms with Crippen molar-refractivity contribution in [3.8, 4) is 10.6 Å². The SMILES string of the molecule is CN(CCNCC=O)c1ccc2nc(-c3ccc(N4CCCC4)nc3)sc2c1. The number of hydrogen-bond donors (Lipinski definition) is 1. The number of pyridine rings is 1. The maximum Gasteiger partial charge on any atom is 0.133 e. The maximum absolute atomic E-state index is 10.4. The Hall–Kier alpha value is -2.51. The van der Waals surface area contributed by atoms with Gasteiger partial charge in [-0.2, -0.15) is 0 Å². The molecule has 0 unspecified atom stereocenters. The molecule has 1 N–H and O–H groups in total. The molecule has 0 bridgehead atoms. The molecule has 28 heavy (non-hydrogen) atoms. The summed E-state index contributed by atoms with van der Waals surface area (Å²) in [5, 5.41) is 4.10. The first-order valence-corrected chi connectivity index (χ1v) is 10.5. The lowest BCUT2D eigenvalue weighted by Crippen LogP contribution is -2.29. The number of nitrogens with one attached hydrogen (secondary N) is 1. The molecule has 7 heteroatoms. The van der Waals surface area contributed by atoms with Crippen LogP contribution in [0.1, 0.15) is 12.8 Å². The molecule has 0 amide bonds. The number of thiazole rings is 1. The average Bonchev–Trinajstić information content (AvgIpc) is 3.40. The van der Waals surface area contributed by atoms with Crippen LogP contribution < -0.4 is 15.1 Å². The van der Waals surface area contributed by atoms with Crippen molar-refractivity contribution in [1.82, 2.24) is 15.3 Å². The van der Waals surface area contributed by atoms with E-state index in [2.05, 4.69) is 57.5 Å². The molecule has 4 rings (SSSR count). The predicted molar refractivity (Wildman–Crippen MR) is 117 cm³/mol. The monoisotopic (exact) mass is 395 g/mol. The van der Waals surface area contributed by atoms with Crippen LogP contribution in [0.25, 0.3) is 20.8 Å². The number of aldehydes is 1. The number of carbonyl (C=O) groups excluding carboxylic acids is 1. The fourth-order valence-electron chi connectivity index (χ4n) is 3.46. The number of carbonyl (C=O) groups is 1. The Morgan fingerprint density at radius 1 is 1.25 bits per heavy atom. The standard InChI is InChI=1S/C21H25N5OS/c1-25(12-8-22-9-13-27)17-5-6-18-19(14-17)28-21(24-18)16-4-7-20(23-15-16)26-10-2-3-11-26/h4-7,13-15,22H,2-3,8-12H2,1H3. The van der Waals surface area contributed by atoms with E-state index in [1.54, 1.807) is 11.3 Å². The van der Waals surface area contributed by atoms with Crippen LogP contribution in [0.15, 0.2) is 36.5 Å². The minimum absolute atomic E-state index is 0.398. The third-order valence-electron chi connectivity index (χ3n) is 5.09. The zero-order chi connectivity index (χ0) is 19.3. The Morgan fingerprint density at radius 2 is 2.11 bits per heavy atom.